The molecule has 1 aliphatic heterocycles. The molecule has 0 spiro atoms. The largest absolute Gasteiger partial charge is 0.310 e. The number of anilines is 1. The molecule has 0 fully saturated rings. The number of nitrogens with one attached hydrogen (secondary N) is 1. The van der Waals surface area contributed by atoms with Crippen molar-refractivity contribution in [2.75, 3.05) is 18.4 Å². The molecule has 0 aliphatic carbocycles. The van der Waals surface area contributed by atoms with E-state index < -0.39 is 5.82 Å². The van der Waals surface area contributed by atoms with Gasteiger partial charge in [-0.2, -0.15) is 5.26 Å². The molecule has 6 nitrogen and oxygen atoms in total. The zero-order chi connectivity index (χ0) is 18.5. The topological polar surface area (TPSA) is 81.9 Å². The van der Waals surface area contributed by atoms with Crippen molar-refractivity contribution >= 4 is 28.9 Å². The molecule has 0 bridgehead atoms. The van der Waals surface area contributed by atoms with Crippen LogP contribution in [0.2, 0.25) is 5.02 Å². The van der Waals surface area contributed by atoms with Gasteiger partial charge in [0.05, 0.1) is 11.4 Å². The summed E-state index contributed by atoms with van der Waals surface area (Å²) in [4.78, 5) is 21.8. The van der Waals surface area contributed by atoms with Gasteiger partial charge in [-0.25, -0.2) is 9.37 Å². The summed E-state index contributed by atoms with van der Waals surface area (Å²) in [6.07, 6.45) is 7.32. The van der Waals surface area contributed by atoms with Crippen LogP contribution in [0.25, 0.3) is 5.57 Å². The highest BCUT2D eigenvalue weighted by atomic mass is 35.5. The summed E-state index contributed by atoms with van der Waals surface area (Å²) in [5, 5.41) is 11.9. The Labute approximate surface area is 154 Å². The molecule has 132 valence electrons. The van der Waals surface area contributed by atoms with Crippen molar-refractivity contribution in [3.8, 4) is 6.19 Å². The van der Waals surface area contributed by atoms with Crippen molar-refractivity contribution < 1.29 is 9.18 Å². The Kier molecular flexibility index (Phi) is 5.44. The highest BCUT2D eigenvalue weighted by Crippen LogP contribution is 2.23. The number of halogens is 2. The Morgan fingerprint density at radius 3 is 2.85 bits per heavy atom. The lowest BCUT2D eigenvalue weighted by Crippen LogP contribution is -2.23. The van der Waals surface area contributed by atoms with Crippen LogP contribution in [-0.4, -0.2) is 33.9 Å². The lowest BCUT2D eigenvalue weighted by Gasteiger charge is -2.20. The molecular formula is C18H15ClFN5O. The number of pyridine rings is 2. The molecule has 8 heteroatoms. The fourth-order valence-corrected chi connectivity index (χ4v) is 2.72. The van der Waals surface area contributed by atoms with Crippen LogP contribution in [0.5, 0.6) is 0 Å². The van der Waals surface area contributed by atoms with Crippen LogP contribution >= 0.6 is 11.6 Å². The number of carbonyl (C=O) groups is 1. The van der Waals surface area contributed by atoms with E-state index in [1.807, 2.05) is 0 Å². The third kappa shape index (κ3) is 4.35. The zero-order valence-electron chi connectivity index (χ0n) is 13.7. The average Bonchev–Trinajstić information content (AvgIpc) is 2.64. The van der Waals surface area contributed by atoms with Crippen molar-refractivity contribution in [2.24, 2.45) is 0 Å². The highest BCUT2D eigenvalue weighted by Gasteiger charge is 2.17. The number of aromatic nitrogens is 2. The third-order valence-electron chi connectivity index (χ3n) is 3.91. The molecule has 1 amide bonds. The maximum Gasteiger partial charge on any atom is 0.230 e. The molecule has 26 heavy (non-hydrogen) atoms. The first-order chi connectivity index (χ1) is 12.5. The van der Waals surface area contributed by atoms with E-state index in [2.05, 4.69) is 21.5 Å². The van der Waals surface area contributed by atoms with E-state index in [0.717, 1.165) is 5.57 Å². The minimum Gasteiger partial charge on any atom is -0.310 e. The van der Waals surface area contributed by atoms with Crippen LogP contribution in [0.4, 0.5) is 10.2 Å². The predicted octanol–water partition coefficient (Wildman–Crippen LogP) is 3.02. The van der Waals surface area contributed by atoms with Crippen LogP contribution < -0.4 is 5.32 Å². The van der Waals surface area contributed by atoms with E-state index >= 15 is 0 Å². The number of amides is 1. The van der Waals surface area contributed by atoms with Crippen molar-refractivity contribution in [1.82, 2.24) is 14.9 Å². The van der Waals surface area contributed by atoms with Gasteiger partial charge < -0.3 is 10.2 Å². The van der Waals surface area contributed by atoms with Gasteiger partial charge in [-0.3, -0.25) is 9.78 Å². The van der Waals surface area contributed by atoms with Crippen LogP contribution in [-0.2, 0) is 11.2 Å². The molecule has 3 heterocycles. The van der Waals surface area contributed by atoms with Gasteiger partial charge in [0.2, 0.25) is 5.91 Å². The van der Waals surface area contributed by atoms with Gasteiger partial charge >= 0.3 is 0 Å². The second-order valence-corrected chi connectivity index (χ2v) is 6.22. The van der Waals surface area contributed by atoms with E-state index in [0.29, 0.717) is 35.9 Å². The molecular weight excluding hydrogens is 357 g/mol. The highest BCUT2D eigenvalue weighted by molar-refractivity contribution is 6.30. The number of nitrogens with zero attached hydrogens (tertiary/aromatic N) is 4. The van der Waals surface area contributed by atoms with Crippen molar-refractivity contribution in [3.63, 3.8) is 0 Å². The fraction of sp³-hybridized carbons (Fsp3) is 0.222. The van der Waals surface area contributed by atoms with Crippen LogP contribution in [0.1, 0.15) is 17.7 Å². The van der Waals surface area contributed by atoms with Crippen molar-refractivity contribution in [3.05, 3.63) is 58.8 Å². The summed E-state index contributed by atoms with van der Waals surface area (Å²) < 4.78 is 14.4. The monoisotopic (exact) mass is 371 g/mol. The van der Waals surface area contributed by atoms with Gasteiger partial charge in [-0.05, 0) is 35.8 Å². The first-order valence-corrected chi connectivity index (χ1v) is 8.33. The van der Waals surface area contributed by atoms with Gasteiger partial charge in [0.25, 0.3) is 0 Å². The van der Waals surface area contributed by atoms with Crippen LogP contribution in [0, 0.1) is 17.3 Å². The summed E-state index contributed by atoms with van der Waals surface area (Å²) in [5.74, 6) is -0.425. The smallest absolute Gasteiger partial charge is 0.230 e. The number of hydrogen-bond acceptors (Lipinski definition) is 5. The Morgan fingerprint density at radius 1 is 1.38 bits per heavy atom. The molecule has 0 saturated heterocycles. The lowest BCUT2D eigenvalue weighted by atomic mass is 10.0. The number of nitriles is 1. The van der Waals surface area contributed by atoms with E-state index in [-0.39, 0.29) is 18.0 Å². The Balaban J connectivity index is 1.66. The van der Waals surface area contributed by atoms with Gasteiger partial charge in [0, 0.05) is 25.5 Å². The van der Waals surface area contributed by atoms with E-state index in [4.69, 9.17) is 16.9 Å². The normalized spacial score (nSPS) is 13.7. The van der Waals surface area contributed by atoms with E-state index in [9.17, 15) is 9.18 Å². The molecule has 0 radical (unpaired) electrons. The van der Waals surface area contributed by atoms with Gasteiger partial charge in [-0.1, -0.05) is 17.7 Å². The molecule has 1 N–H and O–H groups in total. The summed E-state index contributed by atoms with van der Waals surface area (Å²) in [6.45, 7) is 0.993. The maximum absolute atomic E-state index is 14.4. The SMILES string of the molecule is N#CN1CC=C(c2ncc(CC(=O)Nc3ccc(Cl)cn3)cc2F)CC1. The summed E-state index contributed by atoms with van der Waals surface area (Å²) in [7, 11) is 0. The van der Waals surface area contributed by atoms with Crippen molar-refractivity contribution in [2.45, 2.75) is 12.8 Å². The van der Waals surface area contributed by atoms with Gasteiger partial charge in [-0.15, -0.1) is 0 Å². The summed E-state index contributed by atoms with van der Waals surface area (Å²) in [6, 6.07) is 4.52. The summed E-state index contributed by atoms with van der Waals surface area (Å²) >= 11 is 5.74. The second-order valence-electron chi connectivity index (χ2n) is 5.79. The first-order valence-electron chi connectivity index (χ1n) is 7.95. The van der Waals surface area contributed by atoms with Crippen LogP contribution in [0.15, 0.2) is 36.7 Å². The van der Waals surface area contributed by atoms with E-state index in [1.165, 1.54) is 18.5 Å². The Hall–Kier alpha value is -2.98. The zero-order valence-corrected chi connectivity index (χ0v) is 14.5. The van der Waals surface area contributed by atoms with Crippen LogP contribution in [0.3, 0.4) is 0 Å². The molecule has 0 unspecified atom stereocenters. The number of hydrogen-bond donors (Lipinski definition) is 1. The molecule has 1 aliphatic rings. The Morgan fingerprint density at radius 2 is 2.23 bits per heavy atom. The minimum atomic E-state index is -0.475. The number of carbonyl (C=O) groups excluding carboxylic acids is 1. The molecule has 3 rings (SSSR count). The Bertz CT molecular complexity index is 891. The first kappa shape index (κ1) is 17.8. The average molecular weight is 372 g/mol. The molecule has 0 atom stereocenters. The molecule has 2 aromatic heterocycles. The standard InChI is InChI=1S/C18H15ClFN5O/c19-14-1-2-16(22-10-14)24-17(26)8-12-7-15(20)18(23-9-12)13-3-5-25(11-21)6-4-13/h1-3,7,9-10H,4-6,8H2,(H,22,24,26). The second kappa shape index (κ2) is 7.93. The maximum atomic E-state index is 14.4. The van der Waals surface area contributed by atoms with E-state index in [1.54, 1.807) is 23.1 Å². The predicted molar refractivity (Wildman–Crippen MR) is 95.6 cm³/mol. The lowest BCUT2D eigenvalue weighted by molar-refractivity contribution is -0.115. The quantitative estimate of drug-likeness (QED) is 0.835. The molecule has 0 saturated carbocycles. The minimum absolute atomic E-state index is 0.0181. The fourth-order valence-electron chi connectivity index (χ4n) is 2.61. The van der Waals surface area contributed by atoms with Gasteiger partial charge in [0.1, 0.15) is 17.3 Å². The number of rotatable bonds is 4. The molecule has 2 aromatic rings. The summed E-state index contributed by atoms with van der Waals surface area (Å²) in [5.41, 5.74) is 1.51. The van der Waals surface area contributed by atoms with Gasteiger partial charge in [0.15, 0.2) is 6.19 Å². The third-order valence-corrected chi connectivity index (χ3v) is 4.14. The van der Waals surface area contributed by atoms with Crippen molar-refractivity contribution in [1.29, 1.82) is 5.26 Å². The molecule has 0 aromatic carbocycles.